The Morgan fingerprint density at radius 2 is 1.85 bits per heavy atom. The number of hydrogen-bond acceptors (Lipinski definition) is 3. The van der Waals surface area contributed by atoms with Crippen LogP contribution >= 0.6 is 0 Å². The van der Waals surface area contributed by atoms with E-state index in [0.717, 1.165) is 17.7 Å². The van der Waals surface area contributed by atoms with Crippen molar-refractivity contribution >= 4 is 0 Å². The number of benzene rings is 1. The second-order valence-corrected chi connectivity index (χ2v) is 5.11. The monoisotopic (exact) mass is 276 g/mol. The number of hydrogen-bond donors (Lipinski definition) is 1. The minimum Gasteiger partial charge on any atom is -0.491 e. The third kappa shape index (κ3) is 6.60. The van der Waals surface area contributed by atoms with Crippen LogP contribution in [0.5, 0.6) is 5.75 Å². The smallest absolute Gasteiger partial charge is 0.119 e. The second kappa shape index (κ2) is 8.63. The van der Waals surface area contributed by atoms with Gasteiger partial charge in [-0.1, -0.05) is 18.8 Å². The van der Waals surface area contributed by atoms with Crippen molar-refractivity contribution in [3.8, 4) is 17.6 Å². The number of aliphatic hydroxyl groups is 1. The topological polar surface area (TPSA) is 38.7 Å². The molecule has 0 spiro atoms. The summed E-state index contributed by atoms with van der Waals surface area (Å²) in [6.07, 6.45) is 1.48. The fraction of sp³-hybridized carbons (Fsp3) is 0.529. The van der Waals surface area contributed by atoms with E-state index in [1.54, 1.807) is 0 Å². The number of ether oxygens (including phenoxy) is 2. The zero-order valence-electron chi connectivity index (χ0n) is 12.6. The van der Waals surface area contributed by atoms with Gasteiger partial charge in [0.05, 0.1) is 18.8 Å². The van der Waals surface area contributed by atoms with Crippen LogP contribution in [0.4, 0.5) is 0 Å². The number of aliphatic hydroxyl groups excluding tert-OH is 1. The van der Waals surface area contributed by atoms with Gasteiger partial charge in [-0.2, -0.15) is 0 Å². The first-order valence-electron chi connectivity index (χ1n) is 7.04. The van der Waals surface area contributed by atoms with E-state index in [2.05, 4.69) is 32.6 Å². The van der Waals surface area contributed by atoms with Gasteiger partial charge >= 0.3 is 0 Å². The van der Waals surface area contributed by atoms with Crippen LogP contribution in [0.15, 0.2) is 24.3 Å². The summed E-state index contributed by atoms with van der Waals surface area (Å²) in [7, 11) is 0. The third-order valence-electron chi connectivity index (χ3n) is 3.02. The zero-order valence-corrected chi connectivity index (χ0v) is 12.6. The van der Waals surface area contributed by atoms with Crippen LogP contribution in [0.25, 0.3) is 0 Å². The molecular weight excluding hydrogens is 252 g/mol. The van der Waals surface area contributed by atoms with Crippen molar-refractivity contribution in [1.82, 2.24) is 0 Å². The standard InChI is InChI=1S/C17H24O3/c1-4-17(2,3)20-14-13-19-16-10-8-15(9-11-16)7-5-6-12-18/h8-11,18H,4,6,12-14H2,1-3H3. The van der Waals surface area contributed by atoms with Gasteiger partial charge < -0.3 is 14.6 Å². The van der Waals surface area contributed by atoms with Gasteiger partial charge in [0.1, 0.15) is 12.4 Å². The van der Waals surface area contributed by atoms with Crippen molar-refractivity contribution in [1.29, 1.82) is 0 Å². The van der Waals surface area contributed by atoms with Crippen molar-refractivity contribution in [2.45, 2.75) is 39.2 Å². The van der Waals surface area contributed by atoms with Crippen molar-refractivity contribution in [2.24, 2.45) is 0 Å². The molecule has 0 fully saturated rings. The van der Waals surface area contributed by atoms with Crippen molar-refractivity contribution in [2.75, 3.05) is 19.8 Å². The summed E-state index contributed by atoms with van der Waals surface area (Å²) in [5.41, 5.74) is 0.837. The highest BCUT2D eigenvalue weighted by molar-refractivity contribution is 5.38. The maximum atomic E-state index is 8.65. The summed E-state index contributed by atoms with van der Waals surface area (Å²) in [6.45, 7) is 7.48. The molecular formula is C17H24O3. The Morgan fingerprint density at radius 3 is 2.45 bits per heavy atom. The summed E-state index contributed by atoms with van der Waals surface area (Å²) in [4.78, 5) is 0. The van der Waals surface area contributed by atoms with Crippen molar-refractivity contribution in [3.63, 3.8) is 0 Å². The molecule has 0 aliphatic heterocycles. The molecule has 0 radical (unpaired) electrons. The Labute approximate surface area is 121 Å². The number of rotatable bonds is 7. The minimum absolute atomic E-state index is 0.0878. The van der Waals surface area contributed by atoms with Gasteiger partial charge in [0, 0.05) is 12.0 Å². The molecule has 0 aromatic heterocycles. The highest BCUT2D eigenvalue weighted by Gasteiger charge is 2.14. The molecule has 110 valence electrons. The molecule has 1 aromatic rings. The van der Waals surface area contributed by atoms with Gasteiger partial charge in [-0.05, 0) is 44.5 Å². The molecule has 0 saturated heterocycles. The lowest BCUT2D eigenvalue weighted by Crippen LogP contribution is -2.25. The average Bonchev–Trinajstić information content (AvgIpc) is 2.45. The van der Waals surface area contributed by atoms with Crippen LogP contribution < -0.4 is 4.74 Å². The Morgan fingerprint density at radius 1 is 1.15 bits per heavy atom. The van der Waals surface area contributed by atoms with E-state index in [4.69, 9.17) is 14.6 Å². The quantitative estimate of drug-likeness (QED) is 0.614. The molecule has 0 unspecified atom stereocenters. The Hall–Kier alpha value is -1.50. The van der Waals surface area contributed by atoms with E-state index in [0.29, 0.717) is 19.6 Å². The first-order valence-corrected chi connectivity index (χ1v) is 7.04. The fourth-order valence-corrected chi connectivity index (χ4v) is 1.43. The maximum Gasteiger partial charge on any atom is 0.119 e. The van der Waals surface area contributed by atoms with Crippen LogP contribution in [0.3, 0.4) is 0 Å². The SMILES string of the molecule is CCC(C)(C)OCCOc1ccc(C#CCCO)cc1. The van der Waals surface area contributed by atoms with Crippen LogP contribution in [-0.4, -0.2) is 30.5 Å². The molecule has 0 aliphatic carbocycles. The summed E-state index contributed by atoms with van der Waals surface area (Å²) >= 11 is 0. The highest BCUT2D eigenvalue weighted by atomic mass is 16.5. The lowest BCUT2D eigenvalue weighted by Gasteiger charge is -2.23. The largest absolute Gasteiger partial charge is 0.491 e. The Bertz CT molecular complexity index is 438. The molecule has 0 bridgehead atoms. The first-order chi connectivity index (χ1) is 9.57. The van der Waals surface area contributed by atoms with E-state index < -0.39 is 0 Å². The summed E-state index contributed by atoms with van der Waals surface area (Å²) in [5, 5.41) is 8.65. The lowest BCUT2D eigenvalue weighted by molar-refractivity contribution is -0.0317. The predicted octanol–water partition coefficient (Wildman–Crippen LogP) is 3.00. The van der Waals surface area contributed by atoms with Gasteiger partial charge in [0.15, 0.2) is 0 Å². The molecule has 0 atom stereocenters. The Kier molecular flexibility index (Phi) is 7.14. The molecule has 0 saturated carbocycles. The van der Waals surface area contributed by atoms with Gasteiger partial charge in [-0.25, -0.2) is 0 Å². The summed E-state index contributed by atoms with van der Waals surface area (Å²) in [5.74, 6) is 6.68. The molecule has 20 heavy (non-hydrogen) atoms. The zero-order chi connectivity index (χ0) is 14.8. The van der Waals surface area contributed by atoms with Gasteiger partial charge in [-0.15, -0.1) is 0 Å². The fourth-order valence-electron chi connectivity index (χ4n) is 1.43. The van der Waals surface area contributed by atoms with Crippen molar-refractivity contribution < 1.29 is 14.6 Å². The molecule has 0 aliphatic rings. The molecule has 1 N–H and O–H groups in total. The van der Waals surface area contributed by atoms with E-state index >= 15 is 0 Å². The van der Waals surface area contributed by atoms with E-state index in [1.165, 1.54) is 0 Å². The second-order valence-electron chi connectivity index (χ2n) is 5.11. The molecule has 0 amide bonds. The van der Waals surface area contributed by atoms with Gasteiger partial charge in [-0.3, -0.25) is 0 Å². The average molecular weight is 276 g/mol. The summed E-state index contributed by atoms with van der Waals surface area (Å²) in [6, 6.07) is 7.62. The third-order valence-corrected chi connectivity index (χ3v) is 3.02. The molecule has 3 heteroatoms. The lowest BCUT2D eigenvalue weighted by atomic mass is 10.1. The van der Waals surface area contributed by atoms with E-state index in [9.17, 15) is 0 Å². The van der Waals surface area contributed by atoms with Crippen LogP contribution in [0.1, 0.15) is 39.2 Å². The van der Waals surface area contributed by atoms with Gasteiger partial charge in [0.25, 0.3) is 0 Å². The molecule has 1 aromatic carbocycles. The predicted molar refractivity (Wildman–Crippen MR) is 80.8 cm³/mol. The maximum absolute atomic E-state index is 8.65. The first kappa shape index (κ1) is 16.6. The van der Waals surface area contributed by atoms with Crippen LogP contribution in [0.2, 0.25) is 0 Å². The molecule has 3 nitrogen and oxygen atoms in total. The van der Waals surface area contributed by atoms with E-state index in [-0.39, 0.29) is 12.2 Å². The summed E-state index contributed by atoms with van der Waals surface area (Å²) < 4.78 is 11.3. The molecule has 0 heterocycles. The van der Waals surface area contributed by atoms with Gasteiger partial charge in [0.2, 0.25) is 0 Å². The van der Waals surface area contributed by atoms with E-state index in [1.807, 2.05) is 24.3 Å². The minimum atomic E-state index is -0.0878. The van der Waals surface area contributed by atoms with Crippen molar-refractivity contribution in [3.05, 3.63) is 29.8 Å². The Balaban J connectivity index is 2.34. The van der Waals surface area contributed by atoms with Crippen LogP contribution in [-0.2, 0) is 4.74 Å². The molecule has 1 rings (SSSR count). The van der Waals surface area contributed by atoms with Crippen LogP contribution in [0, 0.1) is 11.8 Å². The normalized spacial score (nSPS) is 10.8. The highest BCUT2D eigenvalue weighted by Crippen LogP contribution is 2.14.